The van der Waals surface area contributed by atoms with Gasteiger partial charge in [0.2, 0.25) is 5.95 Å². The summed E-state index contributed by atoms with van der Waals surface area (Å²) in [5.41, 5.74) is 7.08. The van der Waals surface area contributed by atoms with Crippen molar-refractivity contribution in [2.24, 2.45) is 0 Å². The molecule has 0 aliphatic rings. The van der Waals surface area contributed by atoms with Crippen LogP contribution in [-0.4, -0.2) is 22.1 Å². The Bertz CT molecular complexity index is 595. The SMILES string of the molecule is CCOC(=O)CCCn1c(N)nc2cc(F)ccc21. The monoisotopic (exact) mass is 265 g/mol. The summed E-state index contributed by atoms with van der Waals surface area (Å²) in [5.74, 6) is -0.246. The molecule has 2 N–H and O–H groups in total. The van der Waals surface area contributed by atoms with Gasteiger partial charge in [-0.1, -0.05) is 0 Å². The summed E-state index contributed by atoms with van der Waals surface area (Å²) in [6.07, 6.45) is 0.931. The lowest BCUT2D eigenvalue weighted by Crippen LogP contribution is -2.08. The first-order valence-electron chi connectivity index (χ1n) is 6.18. The van der Waals surface area contributed by atoms with Gasteiger partial charge < -0.3 is 15.0 Å². The quantitative estimate of drug-likeness (QED) is 0.840. The summed E-state index contributed by atoms with van der Waals surface area (Å²) < 4.78 is 19.7. The minimum Gasteiger partial charge on any atom is -0.466 e. The van der Waals surface area contributed by atoms with Crippen LogP contribution in [0.4, 0.5) is 10.3 Å². The Morgan fingerprint density at radius 3 is 3.05 bits per heavy atom. The van der Waals surface area contributed by atoms with Crippen molar-refractivity contribution in [3.8, 4) is 0 Å². The lowest BCUT2D eigenvalue weighted by Gasteiger charge is -2.06. The zero-order chi connectivity index (χ0) is 13.8. The van der Waals surface area contributed by atoms with Gasteiger partial charge in [-0.3, -0.25) is 4.79 Å². The van der Waals surface area contributed by atoms with E-state index in [2.05, 4.69) is 4.98 Å². The number of carbonyl (C=O) groups is 1. The molecule has 0 radical (unpaired) electrons. The number of aryl methyl sites for hydroxylation is 1. The van der Waals surface area contributed by atoms with Gasteiger partial charge in [0.05, 0.1) is 17.6 Å². The van der Waals surface area contributed by atoms with Crippen LogP contribution in [0.5, 0.6) is 0 Å². The highest BCUT2D eigenvalue weighted by Gasteiger charge is 2.09. The van der Waals surface area contributed by atoms with Crippen molar-refractivity contribution in [1.82, 2.24) is 9.55 Å². The maximum absolute atomic E-state index is 13.1. The molecule has 0 amide bonds. The number of fused-ring (bicyclic) bond motifs is 1. The van der Waals surface area contributed by atoms with Crippen molar-refractivity contribution < 1.29 is 13.9 Å². The maximum Gasteiger partial charge on any atom is 0.305 e. The van der Waals surface area contributed by atoms with Gasteiger partial charge in [0.1, 0.15) is 5.82 Å². The molecule has 0 bridgehead atoms. The number of hydrogen-bond donors (Lipinski definition) is 1. The van der Waals surface area contributed by atoms with Crippen molar-refractivity contribution in [1.29, 1.82) is 0 Å². The normalized spacial score (nSPS) is 10.8. The molecule has 0 aliphatic heterocycles. The fourth-order valence-corrected chi connectivity index (χ4v) is 1.97. The summed E-state index contributed by atoms with van der Waals surface area (Å²) in [7, 11) is 0. The van der Waals surface area contributed by atoms with Crippen molar-refractivity contribution in [2.45, 2.75) is 26.3 Å². The summed E-state index contributed by atoms with van der Waals surface area (Å²) >= 11 is 0. The first kappa shape index (κ1) is 13.3. The number of nitrogen functional groups attached to an aromatic ring is 1. The number of imidazole rings is 1. The number of ether oxygens (including phenoxy) is 1. The number of rotatable bonds is 5. The van der Waals surface area contributed by atoms with Crippen LogP contribution < -0.4 is 5.73 Å². The van der Waals surface area contributed by atoms with Crippen LogP contribution in [0.3, 0.4) is 0 Å². The number of carbonyl (C=O) groups excluding carboxylic acids is 1. The van der Waals surface area contributed by atoms with Crippen LogP contribution in [-0.2, 0) is 16.1 Å². The molecule has 1 aromatic heterocycles. The minimum atomic E-state index is -0.344. The summed E-state index contributed by atoms with van der Waals surface area (Å²) in [6.45, 7) is 2.70. The molecule has 19 heavy (non-hydrogen) atoms. The highest BCUT2D eigenvalue weighted by Crippen LogP contribution is 2.19. The van der Waals surface area contributed by atoms with Crippen LogP contribution in [0.15, 0.2) is 18.2 Å². The van der Waals surface area contributed by atoms with Crippen molar-refractivity contribution in [3.05, 3.63) is 24.0 Å². The Labute approximate surface area is 110 Å². The van der Waals surface area contributed by atoms with Crippen LogP contribution in [0.1, 0.15) is 19.8 Å². The van der Waals surface area contributed by atoms with Gasteiger partial charge in [0.15, 0.2) is 0 Å². The van der Waals surface area contributed by atoms with E-state index in [1.807, 2.05) is 0 Å². The van der Waals surface area contributed by atoms with Gasteiger partial charge in [-0.05, 0) is 25.5 Å². The molecule has 0 fully saturated rings. The van der Waals surface area contributed by atoms with Crippen molar-refractivity contribution >= 4 is 23.0 Å². The molecule has 1 aromatic carbocycles. The van der Waals surface area contributed by atoms with E-state index in [0.717, 1.165) is 5.52 Å². The Balaban J connectivity index is 2.08. The van der Waals surface area contributed by atoms with Gasteiger partial charge >= 0.3 is 5.97 Å². The number of halogens is 1. The second kappa shape index (κ2) is 5.69. The third-order valence-corrected chi connectivity index (χ3v) is 2.81. The average Bonchev–Trinajstić information content (AvgIpc) is 2.65. The Hall–Kier alpha value is -2.11. The maximum atomic E-state index is 13.1. The second-order valence-corrected chi connectivity index (χ2v) is 4.16. The smallest absolute Gasteiger partial charge is 0.305 e. The van der Waals surface area contributed by atoms with Gasteiger partial charge in [-0.25, -0.2) is 9.37 Å². The molecular formula is C13H16FN3O2. The van der Waals surface area contributed by atoms with E-state index in [0.29, 0.717) is 37.5 Å². The first-order valence-corrected chi connectivity index (χ1v) is 6.18. The third-order valence-electron chi connectivity index (χ3n) is 2.81. The van der Waals surface area contributed by atoms with E-state index in [9.17, 15) is 9.18 Å². The highest BCUT2D eigenvalue weighted by molar-refractivity contribution is 5.78. The first-order chi connectivity index (χ1) is 9.11. The molecule has 0 saturated heterocycles. The molecule has 0 aliphatic carbocycles. The van der Waals surface area contributed by atoms with E-state index in [-0.39, 0.29) is 11.8 Å². The van der Waals surface area contributed by atoms with E-state index < -0.39 is 0 Å². The predicted octanol–water partition coefficient (Wildman–Crippen LogP) is 2.10. The molecule has 0 atom stereocenters. The standard InChI is InChI=1S/C13H16FN3O2/c1-2-19-12(18)4-3-7-17-11-6-5-9(14)8-10(11)16-13(17)15/h5-6,8H,2-4,7H2,1H3,(H2,15,16). The van der Waals surface area contributed by atoms with Crippen LogP contribution in [0, 0.1) is 5.82 Å². The molecule has 0 saturated carbocycles. The number of benzene rings is 1. The molecule has 0 spiro atoms. The number of nitrogens with two attached hydrogens (primary N) is 1. The number of nitrogens with zero attached hydrogens (tertiary/aromatic N) is 2. The highest BCUT2D eigenvalue weighted by atomic mass is 19.1. The molecule has 0 unspecified atom stereocenters. The van der Waals surface area contributed by atoms with E-state index in [4.69, 9.17) is 10.5 Å². The van der Waals surface area contributed by atoms with Crippen LogP contribution >= 0.6 is 0 Å². The Morgan fingerprint density at radius 1 is 1.53 bits per heavy atom. The molecule has 1 heterocycles. The fourth-order valence-electron chi connectivity index (χ4n) is 1.97. The molecule has 2 aromatic rings. The topological polar surface area (TPSA) is 70.1 Å². The molecular weight excluding hydrogens is 249 g/mol. The second-order valence-electron chi connectivity index (χ2n) is 4.16. The number of anilines is 1. The van der Waals surface area contributed by atoms with Gasteiger partial charge in [-0.2, -0.15) is 0 Å². The van der Waals surface area contributed by atoms with Crippen LogP contribution in [0.25, 0.3) is 11.0 Å². The zero-order valence-electron chi connectivity index (χ0n) is 10.7. The molecule has 2 rings (SSSR count). The average molecular weight is 265 g/mol. The van der Waals surface area contributed by atoms with Crippen LogP contribution in [0.2, 0.25) is 0 Å². The minimum absolute atomic E-state index is 0.225. The Kier molecular flexibility index (Phi) is 3.99. The summed E-state index contributed by atoms with van der Waals surface area (Å²) in [5, 5.41) is 0. The number of aromatic nitrogens is 2. The zero-order valence-corrected chi connectivity index (χ0v) is 10.7. The third kappa shape index (κ3) is 3.01. The number of esters is 1. The predicted molar refractivity (Wildman–Crippen MR) is 70.0 cm³/mol. The molecule has 6 heteroatoms. The van der Waals surface area contributed by atoms with Crippen molar-refractivity contribution in [2.75, 3.05) is 12.3 Å². The van der Waals surface area contributed by atoms with E-state index in [1.165, 1.54) is 12.1 Å². The van der Waals surface area contributed by atoms with E-state index >= 15 is 0 Å². The number of hydrogen-bond acceptors (Lipinski definition) is 4. The summed E-state index contributed by atoms with van der Waals surface area (Å²) in [6, 6.07) is 4.34. The molecule has 5 nitrogen and oxygen atoms in total. The van der Waals surface area contributed by atoms with E-state index in [1.54, 1.807) is 17.6 Å². The largest absolute Gasteiger partial charge is 0.466 e. The molecule has 102 valence electrons. The van der Waals surface area contributed by atoms with Gasteiger partial charge in [0, 0.05) is 19.0 Å². The lowest BCUT2D eigenvalue weighted by molar-refractivity contribution is -0.143. The van der Waals surface area contributed by atoms with Gasteiger partial charge in [0.25, 0.3) is 0 Å². The summed E-state index contributed by atoms with van der Waals surface area (Å²) in [4.78, 5) is 15.3. The fraction of sp³-hybridized carbons (Fsp3) is 0.385. The lowest BCUT2D eigenvalue weighted by atomic mass is 10.3. The van der Waals surface area contributed by atoms with Crippen molar-refractivity contribution in [3.63, 3.8) is 0 Å². The Morgan fingerprint density at radius 2 is 2.32 bits per heavy atom. The van der Waals surface area contributed by atoms with Gasteiger partial charge in [-0.15, -0.1) is 0 Å².